The Morgan fingerprint density at radius 2 is 2.21 bits per heavy atom. The van der Waals surface area contributed by atoms with Gasteiger partial charge in [-0.1, -0.05) is 13.8 Å². The normalized spacial score (nSPS) is 20.4. The number of hydrogen-bond acceptors (Lipinski definition) is 4. The number of nitrogens with one attached hydrogen (secondary N) is 1. The molecule has 1 aliphatic heterocycles. The van der Waals surface area contributed by atoms with Crippen LogP contribution in [0.3, 0.4) is 0 Å². The minimum Gasteiger partial charge on any atom is -0.385 e. The van der Waals surface area contributed by atoms with Crippen LogP contribution >= 0.6 is 0 Å². The first-order valence-corrected chi connectivity index (χ1v) is 7.25. The van der Waals surface area contributed by atoms with Gasteiger partial charge in [-0.3, -0.25) is 15.3 Å². The molecule has 1 atom stereocenters. The first kappa shape index (κ1) is 16.2. The van der Waals surface area contributed by atoms with Crippen LogP contribution in [0, 0.1) is 0 Å². The lowest BCUT2D eigenvalue weighted by atomic mass is 10.2. The molecular formula is C13H29N5O. The monoisotopic (exact) mass is 271 g/mol. The zero-order valence-electron chi connectivity index (χ0n) is 12.6. The molecule has 0 aliphatic carbocycles. The molecule has 3 N–H and O–H groups in total. The van der Waals surface area contributed by atoms with Crippen LogP contribution in [-0.2, 0) is 4.74 Å². The van der Waals surface area contributed by atoms with Crippen molar-refractivity contribution in [2.24, 2.45) is 10.8 Å². The fourth-order valence-electron chi connectivity index (χ4n) is 2.60. The number of methoxy groups -OCH3 is 1. The lowest BCUT2D eigenvalue weighted by molar-refractivity contribution is 0.196. The van der Waals surface area contributed by atoms with Gasteiger partial charge in [0, 0.05) is 39.4 Å². The number of guanidine groups is 1. The maximum Gasteiger partial charge on any atom is 0.208 e. The Morgan fingerprint density at radius 3 is 2.79 bits per heavy atom. The summed E-state index contributed by atoms with van der Waals surface area (Å²) in [6.45, 7) is 10.2. The summed E-state index contributed by atoms with van der Waals surface area (Å²) in [6, 6.07) is 0.618. The summed E-state index contributed by atoms with van der Waals surface area (Å²) >= 11 is 0. The SMILES string of the molecule is CCN(CC)C1CCN(C(=NCCCOC)NN)C1. The quantitative estimate of drug-likeness (QED) is 0.229. The van der Waals surface area contributed by atoms with Crippen molar-refractivity contribution in [2.75, 3.05) is 46.4 Å². The molecule has 1 rings (SSSR count). The Labute approximate surface area is 117 Å². The van der Waals surface area contributed by atoms with Crippen molar-refractivity contribution in [3.63, 3.8) is 0 Å². The predicted molar refractivity (Wildman–Crippen MR) is 79.0 cm³/mol. The molecule has 6 nitrogen and oxygen atoms in total. The molecule has 1 aliphatic rings. The van der Waals surface area contributed by atoms with Crippen LogP contribution in [0.15, 0.2) is 4.99 Å². The van der Waals surface area contributed by atoms with Gasteiger partial charge in [-0.05, 0) is 25.9 Å². The van der Waals surface area contributed by atoms with Crippen molar-refractivity contribution < 1.29 is 4.74 Å². The third-order valence-corrected chi connectivity index (χ3v) is 3.69. The van der Waals surface area contributed by atoms with E-state index < -0.39 is 0 Å². The van der Waals surface area contributed by atoms with Crippen LogP contribution in [0.5, 0.6) is 0 Å². The average molecular weight is 271 g/mol. The molecule has 1 saturated heterocycles. The van der Waals surface area contributed by atoms with Crippen molar-refractivity contribution in [1.29, 1.82) is 0 Å². The van der Waals surface area contributed by atoms with E-state index in [0.29, 0.717) is 6.04 Å². The summed E-state index contributed by atoms with van der Waals surface area (Å²) in [6.07, 6.45) is 2.11. The van der Waals surface area contributed by atoms with Gasteiger partial charge < -0.3 is 9.64 Å². The standard InChI is InChI=1S/C13H29N5O/c1-4-17(5-2)12-7-9-18(11-12)13(16-14)15-8-6-10-19-3/h12H,4-11,14H2,1-3H3,(H,15,16). The van der Waals surface area contributed by atoms with E-state index in [1.54, 1.807) is 7.11 Å². The van der Waals surface area contributed by atoms with E-state index in [1.165, 1.54) is 6.42 Å². The zero-order chi connectivity index (χ0) is 14.1. The summed E-state index contributed by atoms with van der Waals surface area (Å²) in [5, 5.41) is 0. The Morgan fingerprint density at radius 1 is 1.47 bits per heavy atom. The smallest absolute Gasteiger partial charge is 0.208 e. The number of hydrazine groups is 1. The van der Waals surface area contributed by atoms with E-state index in [-0.39, 0.29) is 0 Å². The minimum atomic E-state index is 0.618. The number of nitrogens with zero attached hydrogens (tertiary/aromatic N) is 3. The fraction of sp³-hybridized carbons (Fsp3) is 0.923. The van der Waals surface area contributed by atoms with Crippen molar-refractivity contribution in [2.45, 2.75) is 32.7 Å². The van der Waals surface area contributed by atoms with Gasteiger partial charge in [0.25, 0.3) is 0 Å². The van der Waals surface area contributed by atoms with Crippen LogP contribution in [0.1, 0.15) is 26.7 Å². The lowest BCUT2D eigenvalue weighted by Gasteiger charge is -2.26. The molecule has 0 saturated carbocycles. The Kier molecular flexibility index (Phi) is 7.78. The van der Waals surface area contributed by atoms with Gasteiger partial charge >= 0.3 is 0 Å². The van der Waals surface area contributed by atoms with Crippen LogP contribution in [-0.4, -0.2) is 68.2 Å². The Hall–Kier alpha value is -0.850. The van der Waals surface area contributed by atoms with Gasteiger partial charge in [-0.15, -0.1) is 0 Å². The van der Waals surface area contributed by atoms with Crippen molar-refractivity contribution in [3.8, 4) is 0 Å². The molecule has 112 valence electrons. The third kappa shape index (κ3) is 4.97. The van der Waals surface area contributed by atoms with E-state index in [0.717, 1.165) is 51.7 Å². The highest BCUT2D eigenvalue weighted by molar-refractivity contribution is 5.79. The summed E-state index contributed by atoms with van der Waals surface area (Å²) in [7, 11) is 1.71. The van der Waals surface area contributed by atoms with Gasteiger partial charge in [-0.25, -0.2) is 5.84 Å². The van der Waals surface area contributed by atoms with Gasteiger partial charge in [0.2, 0.25) is 5.96 Å². The number of nitrogens with two attached hydrogens (primary N) is 1. The Balaban J connectivity index is 2.45. The van der Waals surface area contributed by atoms with Crippen LogP contribution in [0.4, 0.5) is 0 Å². The topological polar surface area (TPSA) is 66.1 Å². The average Bonchev–Trinajstić information content (AvgIpc) is 2.90. The van der Waals surface area contributed by atoms with Gasteiger partial charge in [0.15, 0.2) is 0 Å². The predicted octanol–water partition coefficient (Wildman–Crippen LogP) is 0.258. The maximum atomic E-state index is 5.59. The van der Waals surface area contributed by atoms with E-state index in [1.807, 2.05) is 0 Å². The zero-order valence-corrected chi connectivity index (χ0v) is 12.6. The summed E-state index contributed by atoms with van der Waals surface area (Å²) < 4.78 is 5.02. The molecule has 0 aromatic carbocycles. The highest BCUT2D eigenvalue weighted by atomic mass is 16.5. The summed E-state index contributed by atoms with van der Waals surface area (Å²) in [5.41, 5.74) is 2.73. The number of ether oxygens (including phenoxy) is 1. The van der Waals surface area contributed by atoms with Crippen LogP contribution in [0.25, 0.3) is 0 Å². The summed E-state index contributed by atoms with van der Waals surface area (Å²) in [5.74, 6) is 6.40. The third-order valence-electron chi connectivity index (χ3n) is 3.69. The summed E-state index contributed by atoms with van der Waals surface area (Å²) in [4.78, 5) is 9.26. The van der Waals surface area contributed by atoms with Gasteiger partial charge in [-0.2, -0.15) is 0 Å². The van der Waals surface area contributed by atoms with E-state index in [4.69, 9.17) is 10.6 Å². The first-order chi connectivity index (χ1) is 9.26. The molecule has 0 spiro atoms. The lowest BCUT2D eigenvalue weighted by Crippen LogP contribution is -2.45. The van der Waals surface area contributed by atoms with Crippen LogP contribution in [0.2, 0.25) is 0 Å². The van der Waals surface area contributed by atoms with E-state index in [9.17, 15) is 0 Å². The molecule has 1 heterocycles. The Bertz CT molecular complexity index is 268. The second-order valence-corrected chi connectivity index (χ2v) is 4.81. The van der Waals surface area contributed by atoms with Crippen molar-refractivity contribution >= 4 is 5.96 Å². The molecule has 1 unspecified atom stereocenters. The molecule has 6 heteroatoms. The number of hydrogen-bond donors (Lipinski definition) is 2. The first-order valence-electron chi connectivity index (χ1n) is 7.25. The molecule has 0 bridgehead atoms. The van der Waals surface area contributed by atoms with E-state index >= 15 is 0 Å². The number of aliphatic imine (C=N–C) groups is 1. The van der Waals surface area contributed by atoms with Crippen LogP contribution < -0.4 is 11.3 Å². The highest BCUT2D eigenvalue weighted by Crippen LogP contribution is 2.15. The molecular weight excluding hydrogens is 242 g/mol. The second-order valence-electron chi connectivity index (χ2n) is 4.81. The molecule has 0 aromatic heterocycles. The van der Waals surface area contributed by atoms with Crippen molar-refractivity contribution in [1.82, 2.24) is 15.2 Å². The molecule has 0 radical (unpaired) electrons. The van der Waals surface area contributed by atoms with Gasteiger partial charge in [0.1, 0.15) is 0 Å². The molecule has 0 amide bonds. The maximum absolute atomic E-state index is 5.59. The molecule has 19 heavy (non-hydrogen) atoms. The molecule has 1 fully saturated rings. The number of likely N-dealkylation sites (tertiary alicyclic amines) is 1. The number of likely N-dealkylation sites (N-methyl/N-ethyl adjacent to an activating group) is 1. The second kappa shape index (κ2) is 9.12. The minimum absolute atomic E-state index is 0.618. The van der Waals surface area contributed by atoms with Crippen molar-refractivity contribution in [3.05, 3.63) is 0 Å². The highest BCUT2D eigenvalue weighted by Gasteiger charge is 2.27. The fourth-order valence-corrected chi connectivity index (χ4v) is 2.60. The van der Waals surface area contributed by atoms with E-state index in [2.05, 4.69) is 34.1 Å². The largest absolute Gasteiger partial charge is 0.385 e. The number of rotatable bonds is 7. The van der Waals surface area contributed by atoms with Gasteiger partial charge in [0.05, 0.1) is 0 Å². The molecule has 0 aromatic rings.